The molecule has 104 valence electrons. The summed E-state index contributed by atoms with van der Waals surface area (Å²) in [4.78, 5) is 0. The van der Waals surface area contributed by atoms with Crippen molar-refractivity contribution in [2.24, 2.45) is 0 Å². The largest absolute Gasteiger partial charge is 0.488 e. The number of para-hydroxylation sites is 2. The Bertz CT molecular complexity index is 558. The third kappa shape index (κ3) is 2.78. The fourth-order valence-corrected chi connectivity index (χ4v) is 2.57. The summed E-state index contributed by atoms with van der Waals surface area (Å²) in [6.45, 7) is 1.42. The number of methoxy groups -OCH3 is 1. The Morgan fingerprint density at radius 1 is 1.15 bits per heavy atom. The summed E-state index contributed by atoms with van der Waals surface area (Å²) in [6.07, 6.45) is 1.17. The SMILES string of the molecule is COCc1ccccc1NCC1Cc2ccccc2O1. The number of rotatable bonds is 5. The zero-order chi connectivity index (χ0) is 13.8. The van der Waals surface area contributed by atoms with Gasteiger partial charge >= 0.3 is 0 Å². The van der Waals surface area contributed by atoms with Gasteiger partial charge in [-0.3, -0.25) is 0 Å². The van der Waals surface area contributed by atoms with E-state index < -0.39 is 0 Å². The second kappa shape index (κ2) is 5.97. The summed E-state index contributed by atoms with van der Waals surface area (Å²) in [5, 5.41) is 3.47. The maximum Gasteiger partial charge on any atom is 0.123 e. The van der Waals surface area contributed by atoms with Crippen LogP contribution in [0.5, 0.6) is 5.75 Å². The van der Waals surface area contributed by atoms with Crippen LogP contribution in [0.2, 0.25) is 0 Å². The van der Waals surface area contributed by atoms with Gasteiger partial charge in [-0.2, -0.15) is 0 Å². The van der Waals surface area contributed by atoms with E-state index in [0.29, 0.717) is 6.61 Å². The van der Waals surface area contributed by atoms with E-state index in [9.17, 15) is 0 Å². The molecule has 2 aromatic rings. The van der Waals surface area contributed by atoms with Gasteiger partial charge in [-0.05, 0) is 17.7 Å². The van der Waals surface area contributed by atoms with Gasteiger partial charge in [0.15, 0.2) is 0 Å². The molecule has 0 bridgehead atoms. The molecule has 1 atom stereocenters. The van der Waals surface area contributed by atoms with Crippen molar-refractivity contribution in [3.8, 4) is 5.75 Å². The van der Waals surface area contributed by atoms with Gasteiger partial charge in [0.05, 0.1) is 13.2 Å². The summed E-state index contributed by atoms with van der Waals surface area (Å²) in [5.41, 5.74) is 3.59. The van der Waals surface area contributed by atoms with Gasteiger partial charge in [0.1, 0.15) is 11.9 Å². The lowest BCUT2D eigenvalue weighted by Crippen LogP contribution is -2.24. The zero-order valence-corrected chi connectivity index (χ0v) is 11.6. The number of benzene rings is 2. The van der Waals surface area contributed by atoms with Gasteiger partial charge in [0.25, 0.3) is 0 Å². The Hall–Kier alpha value is -2.00. The highest BCUT2D eigenvalue weighted by molar-refractivity contribution is 5.51. The van der Waals surface area contributed by atoms with E-state index in [1.165, 1.54) is 11.1 Å². The van der Waals surface area contributed by atoms with Crippen molar-refractivity contribution in [1.29, 1.82) is 0 Å². The molecule has 1 aliphatic heterocycles. The molecule has 3 heteroatoms. The van der Waals surface area contributed by atoms with Crippen LogP contribution in [0, 0.1) is 0 Å². The molecule has 3 nitrogen and oxygen atoms in total. The lowest BCUT2D eigenvalue weighted by molar-refractivity contribution is 0.185. The first kappa shape index (κ1) is 13.0. The van der Waals surface area contributed by atoms with E-state index in [2.05, 4.69) is 29.6 Å². The average molecular weight is 269 g/mol. The molecule has 1 unspecified atom stereocenters. The van der Waals surface area contributed by atoms with Crippen molar-refractivity contribution in [1.82, 2.24) is 0 Å². The predicted molar refractivity (Wildman–Crippen MR) is 80.2 cm³/mol. The minimum absolute atomic E-state index is 0.197. The van der Waals surface area contributed by atoms with Gasteiger partial charge < -0.3 is 14.8 Å². The summed E-state index contributed by atoms with van der Waals surface area (Å²) < 4.78 is 11.2. The lowest BCUT2D eigenvalue weighted by Gasteiger charge is -2.15. The summed E-state index contributed by atoms with van der Waals surface area (Å²) in [7, 11) is 1.72. The van der Waals surface area contributed by atoms with E-state index in [1.54, 1.807) is 7.11 Å². The van der Waals surface area contributed by atoms with Crippen LogP contribution in [0.1, 0.15) is 11.1 Å². The second-order valence-corrected chi connectivity index (χ2v) is 5.02. The van der Waals surface area contributed by atoms with Crippen molar-refractivity contribution in [2.45, 2.75) is 19.1 Å². The van der Waals surface area contributed by atoms with Gasteiger partial charge in [-0.25, -0.2) is 0 Å². The quantitative estimate of drug-likeness (QED) is 0.904. The molecule has 2 aromatic carbocycles. The van der Waals surface area contributed by atoms with Crippen molar-refractivity contribution in [3.05, 3.63) is 59.7 Å². The van der Waals surface area contributed by atoms with Crippen LogP contribution in [0.25, 0.3) is 0 Å². The van der Waals surface area contributed by atoms with Crippen LogP contribution in [0.3, 0.4) is 0 Å². The number of fused-ring (bicyclic) bond motifs is 1. The maximum atomic E-state index is 5.93. The molecule has 0 spiro atoms. The Morgan fingerprint density at radius 3 is 2.80 bits per heavy atom. The first-order valence-corrected chi connectivity index (χ1v) is 6.92. The summed E-state index contributed by atoms with van der Waals surface area (Å²) in [5.74, 6) is 1.02. The highest BCUT2D eigenvalue weighted by Crippen LogP contribution is 2.28. The fraction of sp³-hybridized carbons (Fsp3) is 0.294. The first-order valence-electron chi connectivity index (χ1n) is 6.92. The minimum atomic E-state index is 0.197. The Morgan fingerprint density at radius 2 is 1.95 bits per heavy atom. The standard InChI is InChI=1S/C17H19NO2/c1-19-12-14-7-2-4-8-16(14)18-11-15-10-13-6-3-5-9-17(13)20-15/h2-9,15,18H,10-12H2,1H3. The predicted octanol–water partition coefficient (Wildman–Crippen LogP) is 3.25. The van der Waals surface area contributed by atoms with Crippen LogP contribution in [0.4, 0.5) is 5.69 Å². The molecule has 0 aliphatic carbocycles. The Balaban J connectivity index is 1.61. The second-order valence-electron chi connectivity index (χ2n) is 5.02. The zero-order valence-electron chi connectivity index (χ0n) is 11.6. The molecule has 0 aromatic heterocycles. The minimum Gasteiger partial charge on any atom is -0.488 e. The third-order valence-corrected chi connectivity index (χ3v) is 3.55. The first-order chi connectivity index (χ1) is 9.86. The molecule has 0 saturated heterocycles. The lowest BCUT2D eigenvalue weighted by atomic mass is 10.1. The number of nitrogens with one attached hydrogen (secondary N) is 1. The third-order valence-electron chi connectivity index (χ3n) is 3.55. The van der Waals surface area contributed by atoms with Gasteiger partial charge in [-0.15, -0.1) is 0 Å². The molecule has 1 aliphatic rings. The number of ether oxygens (including phenoxy) is 2. The summed E-state index contributed by atoms with van der Waals surface area (Å²) in [6, 6.07) is 16.5. The van der Waals surface area contributed by atoms with E-state index in [1.807, 2.05) is 24.3 Å². The van der Waals surface area contributed by atoms with E-state index in [-0.39, 0.29) is 6.10 Å². The topological polar surface area (TPSA) is 30.5 Å². The maximum absolute atomic E-state index is 5.93. The van der Waals surface area contributed by atoms with Gasteiger partial charge in [-0.1, -0.05) is 36.4 Å². The normalized spacial score (nSPS) is 16.6. The Kier molecular flexibility index (Phi) is 3.88. The van der Waals surface area contributed by atoms with E-state index >= 15 is 0 Å². The number of anilines is 1. The van der Waals surface area contributed by atoms with Crippen molar-refractivity contribution >= 4 is 5.69 Å². The molecule has 0 fully saturated rings. The summed E-state index contributed by atoms with van der Waals surface area (Å²) >= 11 is 0. The number of hydrogen-bond donors (Lipinski definition) is 1. The molecule has 1 heterocycles. The molecule has 3 rings (SSSR count). The molecular weight excluding hydrogens is 250 g/mol. The molecule has 1 N–H and O–H groups in total. The average Bonchev–Trinajstić information content (AvgIpc) is 2.89. The van der Waals surface area contributed by atoms with Gasteiger partial charge in [0, 0.05) is 24.8 Å². The number of hydrogen-bond acceptors (Lipinski definition) is 3. The molecule has 0 radical (unpaired) electrons. The van der Waals surface area contributed by atoms with Crippen molar-refractivity contribution in [2.75, 3.05) is 19.0 Å². The van der Waals surface area contributed by atoms with Crippen LogP contribution in [-0.2, 0) is 17.8 Å². The molecule has 0 amide bonds. The highest BCUT2D eigenvalue weighted by atomic mass is 16.5. The van der Waals surface area contributed by atoms with E-state index in [4.69, 9.17) is 9.47 Å². The smallest absolute Gasteiger partial charge is 0.123 e. The Labute approximate surface area is 119 Å². The molecule has 0 saturated carbocycles. The monoisotopic (exact) mass is 269 g/mol. The van der Waals surface area contributed by atoms with Crippen molar-refractivity contribution < 1.29 is 9.47 Å². The molecule has 20 heavy (non-hydrogen) atoms. The highest BCUT2D eigenvalue weighted by Gasteiger charge is 2.21. The van der Waals surface area contributed by atoms with Gasteiger partial charge in [0.2, 0.25) is 0 Å². The van der Waals surface area contributed by atoms with Crippen LogP contribution >= 0.6 is 0 Å². The fourth-order valence-electron chi connectivity index (χ4n) is 2.57. The van der Waals surface area contributed by atoms with E-state index in [0.717, 1.165) is 24.4 Å². The van der Waals surface area contributed by atoms with Crippen molar-refractivity contribution in [3.63, 3.8) is 0 Å². The van der Waals surface area contributed by atoms with Crippen LogP contribution in [0.15, 0.2) is 48.5 Å². The van der Waals surface area contributed by atoms with Crippen LogP contribution in [-0.4, -0.2) is 19.8 Å². The van der Waals surface area contributed by atoms with Crippen LogP contribution < -0.4 is 10.1 Å². The molecular formula is C17H19NO2.